The highest BCUT2D eigenvalue weighted by atomic mass is 32.2. The minimum atomic E-state index is -3.75. The van der Waals surface area contributed by atoms with Crippen LogP contribution in [0.5, 0.6) is 0 Å². The molecule has 4 aliphatic heterocycles. The van der Waals surface area contributed by atoms with E-state index in [0.717, 1.165) is 50.5 Å². The number of imide groups is 1. The summed E-state index contributed by atoms with van der Waals surface area (Å²) >= 11 is 0. The standard InChI is InChI=1S/C41H54FN11O6S/c1-49(28-11-15-50(16-12-28)35-7-5-27(21-33(35)42)45-34-6-8-36(55)47-38(34)56)19-20-51-25-31(23-44-51)60(58,59)52-17-9-26(10-18-52)46-40-43-24-32-37(48-40)53(39(57)41(32)13-14-41)29-3-2-4-30(54)22-29/h5,7,21,23-26,28-30,34,45,54H,2-4,6,8-20,22H2,1H3,(H,43,46,48)(H,47,55,56)/t29?,30-,34?/m1/s1. The Balaban J connectivity index is 0.735. The van der Waals surface area contributed by atoms with E-state index in [1.807, 2.05) is 16.8 Å². The van der Waals surface area contributed by atoms with Gasteiger partial charge in [-0.1, -0.05) is 0 Å². The molecule has 0 bridgehead atoms. The molecule has 0 radical (unpaired) electrons. The largest absolute Gasteiger partial charge is 0.393 e. The van der Waals surface area contributed by atoms with Gasteiger partial charge in [0, 0.05) is 80.9 Å². The van der Waals surface area contributed by atoms with Crippen molar-refractivity contribution in [1.82, 2.24) is 34.3 Å². The number of halogens is 1. The van der Waals surface area contributed by atoms with Gasteiger partial charge >= 0.3 is 0 Å². The van der Waals surface area contributed by atoms with Crippen LogP contribution in [0.25, 0.3) is 0 Å². The predicted octanol–water partition coefficient (Wildman–Crippen LogP) is 2.58. The van der Waals surface area contributed by atoms with E-state index in [1.54, 1.807) is 29.2 Å². The molecule has 2 aromatic heterocycles. The van der Waals surface area contributed by atoms with Gasteiger partial charge < -0.3 is 25.5 Å². The summed E-state index contributed by atoms with van der Waals surface area (Å²) in [7, 11) is -1.70. The summed E-state index contributed by atoms with van der Waals surface area (Å²) in [6.07, 6.45) is 12.4. The second-order valence-corrected chi connectivity index (χ2v) is 19.4. The van der Waals surface area contributed by atoms with E-state index < -0.39 is 33.5 Å². The Morgan fingerprint density at radius 1 is 1.00 bits per heavy atom. The number of rotatable bonds is 12. The molecule has 6 heterocycles. The lowest BCUT2D eigenvalue weighted by Gasteiger charge is -2.38. The number of aliphatic hydroxyl groups is 1. The Hall–Kier alpha value is -4.72. The Labute approximate surface area is 349 Å². The normalized spacial score (nSPS) is 25.2. The van der Waals surface area contributed by atoms with Crippen molar-refractivity contribution in [3.8, 4) is 0 Å². The molecular formula is C41H54FN11O6S. The highest BCUT2D eigenvalue weighted by Gasteiger charge is 2.61. The number of carbonyl (C=O) groups excluding carboxylic acids is 3. The molecule has 2 aliphatic carbocycles. The highest BCUT2D eigenvalue weighted by molar-refractivity contribution is 7.89. The lowest BCUT2D eigenvalue weighted by Crippen LogP contribution is -2.47. The summed E-state index contributed by atoms with van der Waals surface area (Å²) in [5.41, 5.74) is 1.37. The predicted molar refractivity (Wildman–Crippen MR) is 220 cm³/mol. The molecule has 19 heteroatoms. The molecule has 2 unspecified atom stereocenters. The van der Waals surface area contributed by atoms with E-state index in [9.17, 15) is 27.9 Å². The Morgan fingerprint density at radius 2 is 1.78 bits per heavy atom. The number of fused-ring (bicyclic) bond motifs is 2. The number of aliphatic hydroxyl groups excluding tert-OH is 1. The van der Waals surface area contributed by atoms with E-state index in [4.69, 9.17) is 4.98 Å². The van der Waals surface area contributed by atoms with Gasteiger partial charge in [0.15, 0.2) is 0 Å². The number of sulfonamides is 1. The maximum absolute atomic E-state index is 15.2. The molecule has 3 amide bonds. The molecule has 60 heavy (non-hydrogen) atoms. The SMILES string of the molecule is CN(CCn1cc(S(=O)(=O)N2CCC(Nc3ncc4c(n3)N(C3CCC[C@@H](O)C3)C(=O)C43CC3)CC2)cn1)C1CCN(c2ccc(NC3CCC(=O)NC3=O)cc2F)CC1. The number of aromatic nitrogens is 4. The summed E-state index contributed by atoms with van der Waals surface area (Å²) in [5.74, 6) is 0.0958. The zero-order chi connectivity index (χ0) is 41.8. The smallest absolute Gasteiger partial charge is 0.249 e. The molecule has 6 aliphatic rings. The van der Waals surface area contributed by atoms with Crippen molar-refractivity contribution in [1.29, 1.82) is 0 Å². The molecule has 9 rings (SSSR count). The zero-order valence-electron chi connectivity index (χ0n) is 33.9. The Bertz CT molecular complexity index is 2240. The monoisotopic (exact) mass is 847 g/mol. The summed E-state index contributed by atoms with van der Waals surface area (Å²) in [5, 5.41) is 23.5. The minimum absolute atomic E-state index is 0.0368. The van der Waals surface area contributed by atoms with Crippen LogP contribution in [0, 0.1) is 5.82 Å². The molecule has 3 saturated heterocycles. The number of piperidine rings is 3. The quantitative estimate of drug-likeness (QED) is 0.194. The molecule has 4 N–H and O–H groups in total. The van der Waals surface area contributed by atoms with Crippen molar-refractivity contribution in [2.75, 3.05) is 60.2 Å². The second-order valence-electron chi connectivity index (χ2n) is 17.4. The molecular weight excluding hydrogens is 794 g/mol. The first kappa shape index (κ1) is 40.7. The Morgan fingerprint density at radius 3 is 2.50 bits per heavy atom. The number of carbonyl (C=O) groups is 3. The van der Waals surface area contributed by atoms with Gasteiger partial charge in [0.25, 0.3) is 0 Å². The van der Waals surface area contributed by atoms with Gasteiger partial charge in [-0.3, -0.25) is 29.3 Å². The van der Waals surface area contributed by atoms with Crippen LogP contribution in [0.1, 0.15) is 82.6 Å². The van der Waals surface area contributed by atoms with Crippen molar-refractivity contribution >= 4 is 50.9 Å². The maximum Gasteiger partial charge on any atom is 0.249 e. The topological polar surface area (TPSA) is 198 Å². The van der Waals surface area contributed by atoms with Crippen molar-refractivity contribution in [3.63, 3.8) is 0 Å². The summed E-state index contributed by atoms with van der Waals surface area (Å²) in [4.78, 5) is 52.9. The number of hydrogen-bond acceptors (Lipinski definition) is 13. The number of benzene rings is 1. The molecule has 322 valence electrons. The third-order valence-corrected chi connectivity index (χ3v) is 15.4. The summed E-state index contributed by atoms with van der Waals surface area (Å²) < 4.78 is 45.8. The Kier molecular flexibility index (Phi) is 11.0. The third kappa shape index (κ3) is 7.96. The average Bonchev–Trinajstić information content (AvgIpc) is 3.83. The fraction of sp³-hybridized carbons (Fsp3) is 0.610. The molecule has 3 atom stereocenters. The van der Waals surface area contributed by atoms with Crippen LogP contribution in [-0.4, -0.2) is 130 Å². The van der Waals surface area contributed by atoms with Crippen LogP contribution in [0.15, 0.2) is 41.7 Å². The van der Waals surface area contributed by atoms with E-state index in [2.05, 4.69) is 30.9 Å². The first-order valence-electron chi connectivity index (χ1n) is 21.4. The lowest BCUT2D eigenvalue weighted by atomic mass is 9.92. The number of hydrogen-bond donors (Lipinski definition) is 4. The highest BCUT2D eigenvalue weighted by Crippen LogP contribution is 2.57. The van der Waals surface area contributed by atoms with Crippen molar-refractivity contribution in [3.05, 3.63) is 48.2 Å². The molecule has 5 fully saturated rings. The van der Waals surface area contributed by atoms with Crippen LogP contribution in [0.3, 0.4) is 0 Å². The molecule has 3 aromatic rings. The van der Waals surface area contributed by atoms with Crippen molar-refractivity contribution in [2.45, 2.75) is 124 Å². The van der Waals surface area contributed by atoms with E-state index in [-0.39, 0.29) is 47.1 Å². The molecule has 17 nitrogen and oxygen atoms in total. The molecule has 1 spiro atoms. The molecule has 2 saturated carbocycles. The average molecular weight is 848 g/mol. The van der Waals surface area contributed by atoms with Gasteiger partial charge in [-0.15, -0.1) is 0 Å². The van der Waals surface area contributed by atoms with Crippen LogP contribution in [0.2, 0.25) is 0 Å². The van der Waals surface area contributed by atoms with Crippen LogP contribution >= 0.6 is 0 Å². The summed E-state index contributed by atoms with van der Waals surface area (Å²) in [6.45, 7) is 3.19. The molecule has 1 aromatic carbocycles. The van der Waals surface area contributed by atoms with E-state index >= 15 is 4.39 Å². The number of anilines is 4. The number of amides is 3. The first-order valence-corrected chi connectivity index (χ1v) is 22.9. The third-order valence-electron chi connectivity index (χ3n) is 13.5. The van der Waals surface area contributed by atoms with Crippen LogP contribution in [0.4, 0.5) is 27.5 Å². The lowest BCUT2D eigenvalue weighted by molar-refractivity contribution is -0.133. The van der Waals surface area contributed by atoms with Crippen LogP contribution in [-0.2, 0) is 36.4 Å². The number of nitrogens with one attached hydrogen (secondary N) is 3. The number of likely N-dealkylation sites (N-methyl/N-ethyl adjacent to an activating group) is 1. The maximum atomic E-state index is 15.2. The zero-order valence-corrected chi connectivity index (χ0v) is 34.7. The summed E-state index contributed by atoms with van der Waals surface area (Å²) in [6, 6.07) is 4.47. The van der Waals surface area contributed by atoms with Gasteiger partial charge in [-0.2, -0.15) is 14.4 Å². The number of nitrogens with zero attached hydrogens (tertiary/aromatic N) is 8. The van der Waals surface area contributed by atoms with Gasteiger partial charge in [-0.25, -0.2) is 17.8 Å². The van der Waals surface area contributed by atoms with Crippen molar-refractivity contribution in [2.24, 2.45) is 0 Å². The van der Waals surface area contributed by atoms with E-state index in [1.165, 1.54) is 16.6 Å². The first-order chi connectivity index (χ1) is 28.9. The van der Waals surface area contributed by atoms with Crippen LogP contribution < -0.4 is 25.8 Å². The van der Waals surface area contributed by atoms with E-state index in [0.29, 0.717) is 88.1 Å². The van der Waals surface area contributed by atoms with Gasteiger partial charge in [0.2, 0.25) is 33.7 Å². The minimum Gasteiger partial charge on any atom is -0.393 e. The van der Waals surface area contributed by atoms with Crippen molar-refractivity contribution < 1.29 is 32.3 Å². The van der Waals surface area contributed by atoms with Gasteiger partial charge in [0.1, 0.15) is 22.6 Å². The second kappa shape index (κ2) is 16.3. The van der Waals surface area contributed by atoms with Gasteiger partial charge in [0.05, 0.1) is 29.9 Å². The fourth-order valence-electron chi connectivity index (χ4n) is 9.77. The van der Waals surface area contributed by atoms with Gasteiger partial charge in [-0.05, 0) is 95.9 Å². The fourth-order valence-corrected chi connectivity index (χ4v) is 11.2.